The van der Waals surface area contributed by atoms with Crippen molar-refractivity contribution in [2.45, 2.75) is 6.42 Å². The molecule has 3 rings (SSSR count). The number of nitrogens with zero attached hydrogens (tertiary/aromatic N) is 3. The molecule has 0 saturated heterocycles. The number of carbonyl (C=O) groups excluding carboxylic acids is 1. The average molecular weight is 337 g/mol. The first kappa shape index (κ1) is 17.0. The topological polar surface area (TPSA) is 45.7 Å². The number of pyridine rings is 1. The predicted molar refractivity (Wildman–Crippen MR) is 100 cm³/mol. The summed E-state index contributed by atoms with van der Waals surface area (Å²) in [6.07, 6.45) is 4.63. The molecule has 2 aromatic rings. The van der Waals surface area contributed by atoms with Gasteiger partial charge in [-0.2, -0.15) is 0 Å². The summed E-state index contributed by atoms with van der Waals surface area (Å²) >= 11 is 0. The Hall–Kier alpha value is -2.82. The van der Waals surface area contributed by atoms with Crippen LogP contribution in [0.25, 0.3) is 5.57 Å². The second kappa shape index (κ2) is 7.38. The molecule has 0 aliphatic carbocycles. The fraction of sp³-hybridized carbons (Fsp3) is 0.300. The SMILES string of the molecule is COc1ccc(C2=CCN(C(=O)c3ccc(N(C)C)nc3)CC2)cc1. The Morgan fingerprint density at radius 2 is 1.92 bits per heavy atom. The molecule has 0 atom stereocenters. The summed E-state index contributed by atoms with van der Waals surface area (Å²) in [4.78, 5) is 20.7. The van der Waals surface area contributed by atoms with E-state index in [1.54, 1.807) is 13.3 Å². The van der Waals surface area contributed by atoms with E-state index in [4.69, 9.17) is 4.74 Å². The van der Waals surface area contributed by atoms with Gasteiger partial charge in [0.25, 0.3) is 5.91 Å². The zero-order valence-electron chi connectivity index (χ0n) is 14.9. The summed E-state index contributed by atoms with van der Waals surface area (Å²) < 4.78 is 5.20. The third-order valence-corrected chi connectivity index (χ3v) is 4.41. The molecule has 0 bridgehead atoms. The van der Waals surface area contributed by atoms with Crippen molar-refractivity contribution in [1.29, 1.82) is 0 Å². The molecule has 0 fully saturated rings. The van der Waals surface area contributed by atoms with E-state index >= 15 is 0 Å². The molecule has 0 unspecified atom stereocenters. The largest absolute Gasteiger partial charge is 0.497 e. The van der Waals surface area contributed by atoms with Crippen molar-refractivity contribution in [3.63, 3.8) is 0 Å². The van der Waals surface area contributed by atoms with Crippen molar-refractivity contribution in [2.75, 3.05) is 39.2 Å². The summed E-state index contributed by atoms with van der Waals surface area (Å²) in [6, 6.07) is 11.8. The van der Waals surface area contributed by atoms with Gasteiger partial charge in [0.05, 0.1) is 12.7 Å². The van der Waals surface area contributed by atoms with Crippen LogP contribution in [0.3, 0.4) is 0 Å². The molecular weight excluding hydrogens is 314 g/mol. The molecule has 5 heteroatoms. The molecule has 1 aromatic carbocycles. The lowest BCUT2D eigenvalue weighted by Crippen LogP contribution is -2.34. The normalized spacial score (nSPS) is 14.0. The summed E-state index contributed by atoms with van der Waals surface area (Å²) in [5, 5.41) is 0. The highest BCUT2D eigenvalue weighted by atomic mass is 16.5. The molecule has 25 heavy (non-hydrogen) atoms. The summed E-state index contributed by atoms with van der Waals surface area (Å²) in [5.74, 6) is 1.73. The Bertz CT molecular complexity index is 765. The quantitative estimate of drug-likeness (QED) is 0.860. The van der Waals surface area contributed by atoms with Crippen LogP contribution in [-0.4, -0.2) is 50.1 Å². The second-order valence-electron chi connectivity index (χ2n) is 6.26. The number of hydrogen-bond donors (Lipinski definition) is 0. The van der Waals surface area contributed by atoms with Crippen molar-refractivity contribution in [3.8, 4) is 5.75 Å². The zero-order valence-corrected chi connectivity index (χ0v) is 14.9. The van der Waals surface area contributed by atoms with Gasteiger partial charge < -0.3 is 14.5 Å². The Labute approximate surface area is 148 Å². The molecule has 130 valence electrons. The van der Waals surface area contributed by atoms with Crippen LogP contribution in [0.15, 0.2) is 48.7 Å². The van der Waals surface area contributed by atoms with Crippen molar-refractivity contribution >= 4 is 17.3 Å². The molecule has 5 nitrogen and oxygen atoms in total. The van der Waals surface area contributed by atoms with E-state index in [2.05, 4.69) is 23.2 Å². The molecule has 1 aliphatic heterocycles. The number of aromatic nitrogens is 1. The van der Waals surface area contributed by atoms with E-state index in [0.29, 0.717) is 18.7 Å². The lowest BCUT2D eigenvalue weighted by Gasteiger charge is -2.27. The standard InChI is InChI=1S/C20H23N3O2/c1-22(2)19-9-6-17(14-21-19)20(24)23-12-10-16(11-13-23)15-4-7-18(25-3)8-5-15/h4-10,14H,11-13H2,1-3H3. The van der Waals surface area contributed by atoms with E-state index in [-0.39, 0.29) is 5.91 Å². The van der Waals surface area contributed by atoms with Crippen LogP contribution < -0.4 is 9.64 Å². The first-order valence-corrected chi connectivity index (χ1v) is 8.34. The number of ether oxygens (including phenoxy) is 1. The number of rotatable bonds is 4. The maximum Gasteiger partial charge on any atom is 0.255 e. The molecule has 0 spiro atoms. The van der Waals surface area contributed by atoms with Gasteiger partial charge in [0, 0.05) is 33.4 Å². The lowest BCUT2D eigenvalue weighted by molar-refractivity contribution is 0.0772. The van der Waals surface area contributed by atoms with Crippen molar-refractivity contribution in [2.24, 2.45) is 0 Å². The minimum absolute atomic E-state index is 0.0304. The Morgan fingerprint density at radius 1 is 1.16 bits per heavy atom. The summed E-state index contributed by atoms with van der Waals surface area (Å²) in [6.45, 7) is 1.34. The van der Waals surface area contributed by atoms with E-state index in [1.165, 1.54) is 11.1 Å². The van der Waals surface area contributed by atoms with Gasteiger partial charge >= 0.3 is 0 Å². The number of benzene rings is 1. The minimum Gasteiger partial charge on any atom is -0.497 e. The predicted octanol–water partition coefficient (Wildman–Crippen LogP) is 3.09. The van der Waals surface area contributed by atoms with Gasteiger partial charge in [-0.05, 0) is 41.8 Å². The van der Waals surface area contributed by atoms with Gasteiger partial charge in [-0.25, -0.2) is 4.98 Å². The number of amides is 1. The van der Waals surface area contributed by atoms with Crippen LogP contribution in [0.2, 0.25) is 0 Å². The zero-order chi connectivity index (χ0) is 17.8. The van der Waals surface area contributed by atoms with E-state index in [0.717, 1.165) is 18.0 Å². The molecule has 2 heterocycles. The third-order valence-electron chi connectivity index (χ3n) is 4.41. The lowest BCUT2D eigenvalue weighted by atomic mass is 9.99. The van der Waals surface area contributed by atoms with Crippen LogP contribution in [-0.2, 0) is 0 Å². The monoisotopic (exact) mass is 337 g/mol. The van der Waals surface area contributed by atoms with E-state index in [9.17, 15) is 4.79 Å². The fourth-order valence-corrected chi connectivity index (χ4v) is 2.88. The highest BCUT2D eigenvalue weighted by Crippen LogP contribution is 2.25. The van der Waals surface area contributed by atoms with Crippen LogP contribution in [0.5, 0.6) is 5.75 Å². The first-order chi connectivity index (χ1) is 12.1. The Kier molecular flexibility index (Phi) is 5.03. The van der Waals surface area contributed by atoms with Gasteiger partial charge in [0.2, 0.25) is 0 Å². The van der Waals surface area contributed by atoms with Crippen molar-refractivity contribution < 1.29 is 9.53 Å². The highest BCUT2D eigenvalue weighted by Gasteiger charge is 2.19. The van der Waals surface area contributed by atoms with Gasteiger partial charge in [0.15, 0.2) is 0 Å². The maximum absolute atomic E-state index is 12.6. The second-order valence-corrected chi connectivity index (χ2v) is 6.26. The van der Waals surface area contributed by atoms with Gasteiger partial charge in [0.1, 0.15) is 11.6 Å². The van der Waals surface area contributed by atoms with Gasteiger partial charge in [-0.3, -0.25) is 4.79 Å². The Morgan fingerprint density at radius 3 is 2.44 bits per heavy atom. The fourth-order valence-electron chi connectivity index (χ4n) is 2.88. The number of methoxy groups -OCH3 is 1. The van der Waals surface area contributed by atoms with E-state index < -0.39 is 0 Å². The highest BCUT2D eigenvalue weighted by molar-refractivity contribution is 5.94. The average Bonchev–Trinajstić information content (AvgIpc) is 2.67. The minimum atomic E-state index is 0.0304. The number of hydrogen-bond acceptors (Lipinski definition) is 4. The summed E-state index contributed by atoms with van der Waals surface area (Å²) in [5.41, 5.74) is 3.09. The number of carbonyl (C=O) groups is 1. The molecule has 1 amide bonds. The molecule has 0 N–H and O–H groups in total. The Balaban J connectivity index is 1.67. The molecule has 1 aliphatic rings. The molecule has 1 aromatic heterocycles. The first-order valence-electron chi connectivity index (χ1n) is 8.34. The maximum atomic E-state index is 12.6. The molecule has 0 radical (unpaired) electrons. The van der Waals surface area contributed by atoms with Gasteiger partial charge in [-0.15, -0.1) is 0 Å². The molecule has 0 saturated carbocycles. The smallest absolute Gasteiger partial charge is 0.255 e. The van der Waals surface area contributed by atoms with Crippen molar-refractivity contribution in [1.82, 2.24) is 9.88 Å². The van der Waals surface area contributed by atoms with Gasteiger partial charge in [-0.1, -0.05) is 18.2 Å². The van der Waals surface area contributed by atoms with Crippen molar-refractivity contribution in [3.05, 3.63) is 59.8 Å². The summed E-state index contributed by atoms with van der Waals surface area (Å²) in [7, 11) is 5.53. The van der Waals surface area contributed by atoms with Crippen LogP contribution in [0, 0.1) is 0 Å². The number of anilines is 1. The van der Waals surface area contributed by atoms with E-state index in [1.807, 2.05) is 48.2 Å². The van der Waals surface area contributed by atoms with Crippen LogP contribution >= 0.6 is 0 Å². The van der Waals surface area contributed by atoms with Crippen LogP contribution in [0.1, 0.15) is 22.3 Å². The van der Waals surface area contributed by atoms with Crippen LogP contribution in [0.4, 0.5) is 5.82 Å². The molecular formula is C20H23N3O2. The third kappa shape index (κ3) is 3.82.